The topological polar surface area (TPSA) is 38.7 Å². The van der Waals surface area contributed by atoms with Gasteiger partial charge in [-0.15, -0.1) is 0 Å². The third-order valence-corrected chi connectivity index (χ3v) is 4.13. The molecule has 1 saturated carbocycles. The van der Waals surface area contributed by atoms with E-state index in [1.165, 1.54) is 24.8 Å². The van der Waals surface area contributed by atoms with Gasteiger partial charge in [0.1, 0.15) is 12.4 Å². The zero-order chi connectivity index (χ0) is 14.2. The summed E-state index contributed by atoms with van der Waals surface area (Å²) >= 11 is 0. The van der Waals surface area contributed by atoms with Gasteiger partial charge in [0.15, 0.2) is 0 Å². The number of hydrogen-bond donors (Lipinski definition) is 1. The molecule has 1 aromatic rings. The fourth-order valence-corrected chi connectivity index (χ4v) is 2.81. The highest BCUT2D eigenvalue weighted by atomic mass is 16.5. The van der Waals surface area contributed by atoms with Crippen LogP contribution in [0.5, 0.6) is 5.75 Å². The molecule has 1 aliphatic carbocycles. The Balaban J connectivity index is 1.75. The lowest BCUT2D eigenvalue weighted by Gasteiger charge is -2.26. The number of hydrogen-bond acceptors (Lipinski definition) is 3. The van der Waals surface area contributed by atoms with Gasteiger partial charge in [0, 0.05) is 7.11 Å². The first-order chi connectivity index (χ1) is 9.79. The minimum atomic E-state index is -0.330. The summed E-state index contributed by atoms with van der Waals surface area (Å²) in [6.07, 6.45) is 6.67. The summed E-state index contributed by atoms with van der Waals surface area (Å²) in [5.41, 5.74) is 1.24. The lowest BCUT2D eigenvalue weighted by atomic mass is 9.85. The fourth-order valence-electron chi connectivity index (χ4n) is 2.81. The molecule has 0 amide bonds. The van der Waals surface area contributed by atoms with Crippen molar-refractivity contribution in [1.29, 1.82) is 0 Å². The number of aliphatic hydroxyl groups excluding tert-OH is 1. The van der Waals surface area contributed by atoms with Crippen LogP contribution in [0.15, 0.2) is 24.3 Å². The normalized spacial score (nSPS) is 17.9. The van der Waals surface area contributed by atoms with E-state index in [1.807, 2.05) is 12.1 Å². The second-order valence-electron chi connectivity index (χ2n) is 5.66. The summed E-state index contributed by atoms with van der Waals surface area (Å²) in [6, 6.07) is 8.06. The zero-order valence-electron chi connectivity index (χ0n) is 12.4. The maximum absolute atomic E-state index is 10.2. The molecule has 3 heteroatoms. The highest BCUT2D eigenvalue weighted by molar-refractivity contribution is 5.27. The van der Waals surface area contributed by atoms with Gasteiger partial charge in [-0.2, -0.15) is 0 Å². The van der Waals surface area contributed by atoms with E-state index in [9.17, 15) is 5.11 Å². The highest BCUT2D eigenvalue weighted by Crippen LogP contribution is 2.26. The molecule has 1 N–H and O–H groups in total. The molecule has 3 nitrogen and oxygen atoms in total. The molecule has 1 aliphatic rings. The Morgan fingerprint density at radius 1 is 1.15 bits per heavy atom. The first-order valence-corrected chi connectivity index (χ1v) is 7.68. The van der Waals surface area contributed by atoms with Gasteiger partial charge in [-0.3, -0.25) is 0 Å². The maximum Gasteiger partial charge on any atom is 0.119 e. The molecule has 0 spiro atoms. The van der Waals surface area contributed by atoms with Gasteiger partial charge in [0.05, 0.1) is 12.7 Å². The monoisotopic (exact) mass is 278 g/mol. The minimum Gasteiger partial charge on any atom is -0.491 e. The van der Waals surface area contributed by atoms with Gasteiger partial charge in [-0.05, 0) is 42.9 Å². The third-order valence-electron chi connectivity index (χ3n) is 4.13. The lowest BCUT2D eigenvalue weighted by molar-refractivity contribution is 0.0413. The lowest BCUT2D eigenvalue weighted by Crippen LogP contribution is -2.28. The van der Waals surface area contributed by atoms with Crippen molar-refractivity contribution >= 4 is 0 Å². The first kappa shape index (κ1) is 15.3. The predicted octanol–water partition coefficient (Wildman–Crippen LogP) is 3.20. The maximum atomic E-state index is 10.2. The molecule has 0 radical (unpaired) electrons. The van der Waals surface area contributed by atoms with Crippen molar-refractivity contribution in [2.75, 3.05) is 20.3 Å². The Morgan fingerprint density at radius 3 is 2.50 bits per heavy atom. The molecular formula is C17H26O3. The van der Waals surface area contributed by atoms with E-state index >= 15 is 0 Å². The molecular weight excluding hydrogens is 252 g/mol. The van der Waals surface area contributed by atoms with Crippen molar-refractivity contribution in [2.45, 2.75) is 44.6 Å². The van der Waals surface area contributed by atoms with E-state index in [1.54, 1.807) is 7.11 Å². The van der Waals surface area contributed by atoms with Crippen LogP contribution >= 0.6 is 0 Å². The molecule has 0 bridgehead atoms. The van der Waals surface area contributed by atoms with Crippen molar-refractivity contribution in [1.82, 2.24) is 0 Å². The van der Waals surface area contributed by atoms with Gasteiger partial charge in [0.2, 0.25) is 0 Å². The van der Waals surface area contributed by atoms with Gasteiger partial charge in [-0.1, -0.05) is 31.4 Å². The van der Waals surface area contributed by atoms with Crippen LogP contribution in [0.2, 0.25) is 0 Å². The van der Waals surface area contributed by atoms with E-state index in [0.29, 0.717) is 12.5 Å². The van der Waals surface area contributed by atoms with E-state index in [4.69, 9.17) is 9.47 Å². The predicted molar refractivity (Wildman–Crippen MR) is 80.1 cm³/mol. The van der Waals surface area contributed by atoms with Crippen LogP contribution in [-0.2, 0) is 11.2 Å². The van der Waals surface area contributed by atoms with E-state index < -0.39 is 0 Å². The second kappa shape index (κ2) is 8.28. The molecule has 112 valence electrons. The Bertz CT molecular complexity index is 368. The molecule has 1 fully saturated rings. The zero-order valence-corrected chi connectivity index (χ0v) is 12.4. The minimum absolute atomic E-state index is 0.330. The Morgan fingerprint density at radius 2 is 1.85 bits per heavy atom. The molecule has 0 aromatic heterocycles. The van der Waals surface area contributed by atoms with Crippen molar-refractivity contribution in [3.8, 4) is 5.75 Å². The SMILES string of the molecule is COCCc1ccc(OCC(O)C2CCCCC2)cc1. The van der Waals surface area contributed by atoms with Crippen molar-refractivity contribution < 1.29 is 14.6 Å². The van der Waals surface area contributed by atoms with E-state index in [0.717, 1.165) is 31.6 Å². The number of aliphatic hydroxyl groups is 1. The van der Waals surface area contributed by atoms with Crippen LogP contribution in [0, 0.1) is 5.92 Å². The molecule has 0 aliphatic heterocycles. The van der Waals surface area contributed by atoms with Crippen LogP contribution in [0.3, 0.4) is 0 Å². The Labute approximate surface area is 121 Å². The summed E-state index contributed by atoms with van der Waals surface area (Å²) in [6.45, 7) is 1.14. The van der Waals surface area contributed by atoms with Crippen LogP contribution in [0.25, 0.3) is 0 Å². The molecule has 2 rings (SSSR count). The highest BCUT2D eigenvalue weighted by Gasteiger charge is 2.22. The number of benzene rings is 1. The van der Waals surface area contributed by atoms with Crippen LogP contribution < -0.4 is 4.74 Å². The Kier molecular flexibility index (Phi) is 6.34. The quantitative estimate of drug-likeness (QED) is 0.832. The first-order valence-electron chi connectivity index (χ1n) is 7.68. The van der Waals surface area contributed by atoms with Gasteiger partial charge < -0.3 is 14.6 Å². The number of ether oxygens (including phenoxy) is 2. The smallest absolute Gasteiger partial charge is 0.119 e. The number of rotatable bonds is 7. The van der Waals surface area contributed by atoms with Gasteiger partial charge in [0.25, 0.3) is 0 Å². The summed E-state index contributed by atoms with van der Waals surface area (Å²) in [7, 11) is 1.71. The molecule has 1 aromatic carbocycles. The summed E-state index contributed by atoms with van der Waals surface area (Å²) in [4.78, 5) is 0. The average molecular weight is 278 g/mol. The standard InChI is InChI=1S/C17H26O3/c1-19-12-11-14-7-9-16(10-8-14)20-13-17(18)15-5-3-2-4-6-15/h7-10,15,17-18H,2-6,11-13H2,1H3. The van der Waals surface area contributed by atoms with E-state index in [-0.39, 0.29) is 6.10 Å². The van der Waals surface area contributed by atoms with Gasteiger partial charge >= 0.3 is 0 Å². The van der Waals surface area contributed by atoms with E-state index in [2.05, 4.69) is 12.1 Å². The molecule has 1 unspecified atom stereocenters. The van der Waals surface area contributed by atoms with Gasteiger partial charge in [-0.25, -0.2) is 0 Å². The molecule has 1 atom stereocenters. The van der Waals surface area contributed by atoms with Crippen LogP contribution in [0.1, 0.15) is 37.7 Å². The Hall–Kier alpha value is -1.06. The van der Waals surface area contributed by atoms with Crippen LogP contribution in [-0.4, -0.2) is 31.5 Å². The fraction of sp³-hybridized carbons (Fsp3) is 0.647. The third kappa shape index (κ3) is 4.80. The summed E-state index contributed by atoms with van der Waals surface area (Å²) in [5.74, 6) is 1.26. The molecule has 0 heterocycles. The van der Waals surface area contributed by atoms with Crippen LogP contribution in [0.4, 0.5) is 0 Å². The largest absolute Gasteiger partial charge is 0.491 e. The van der Waals surface area contributed by atoms with Crippen molar-refractivity contribution in [2.24, 2.45) is 5.92 Å². The summed E-state index contributed by atoms with van der Waals surface area (Å²) < 4.78 is 10.8. The van der Waals surface area contributed by atoms with Crippen molar-refractivity contribution in [3.05, 3.63) is 29.8 Å². The van der Waals surface area contributed by atoms with Crippen molar-refractivity contribution in [3.63, 3.8) is 0 Å². The second-order valence-corrected chi connectivity index (χ2v) is 5.66. The molecule has 0 saturated heterocycles. The molecule has 20 heavy (non-hydrogen) atoms. The number of methoxy groups -OCH3 is 1. The summed E-state index contributed by atoms with van der Waals surface area (Å²) in [5, 5.41) is 10.2. The average Bonchev–Trinajstić information content (AvgIpc) is 2.52.